The van der Waals surface area contributed by atoms with Gasteiger partial charge in [0.25, 0.3) is 25.9 Å². The van der Waals surface area contributed by atoms with Gasteiger partial charge in [0.15, 0.2) is 12.0 Å². The Hall–Kier alpha value is -5.17. The van der Waals surface area contributed by atoms with Gasteiger partial charge in [0.2, 0.25) is 0 Å². The third-order valence-electron chi connectivity index (χ3n) is 5.51. The average molecular weight is 601 g/mol. The molecule has 0 radical (unpaired) electrons. The molecule has 0 aromatic heterocycles. The van der Waals surface area contributed by atoms with Gasteiger partial charge in [-0.1, -0.05) is 18.2 Å². The number of aldehydes is 1. The molecule has 0 unspecified atom stereocenters. The fourth-order valence-corrected chi connectivity index (χ4v) is 5.21. The van der Waals surface area contributed by atoms with E-state index in [0.29, 0.717) is 6.07 Å². The minimum atomic E-state index is -5.32. The van der Waals surface area contributed by atoms with Crippen LogP contribution in [-0.4, -0.2) is 42.3 Å². The number of carbonyl (C=O) groups excluding carboxylic acids is 1. The standard InChI is InChI=1S/C23H16N6O10S2/c24-19-18-15(10-17(40(34,35)36)20(22(18)31)27-25-12-4-2-1-3-5-12)16(11-30)23(41(37,38)39)21(19)28-26-13-6-8-14(9-7-13)29(32)33/h1-11,31H,24H2,(H,34,35,36)(H,37,38,39). The van der Waals surface area contributed by atoms with Gasteiger partial charge < -0.3 is 10.8 Å². The first-order chi connectivity index (χ1) is 19.2. The molecular formula is C23H16N6O10S2. The summed E-state index contributed by atoms with van der Waals surface area (Å²) < 4.78 is 68.9. The first kappa shape index (κ1) is 28.8. The Morgan fingerprint density at radius 1 is 0.829 bits per heavy atom. The van der Waals surface area contributed by atoms with E-state index in [0.717, 1.165) is 24.3 Å². The number of nitro groups is 1. The minimum absolute atomic E-state index is 0.0349. The summed E-state index contributed by atoms with van der Waals surface area (Å²) in [7, 11) is -10.5. The summed E-state index contributed by atoms with van der Waals surface area (Å²) >= 11 is 0. The van der Waals surface area contributed by atoms with Gasteiger partial charge in [-0.3, -0.25) is 24.0 Å². The Morgan fingerprint density at radius 2 is 1.39 bits per heavy atom. The van der Waals surface area contributed by atoms with Crippen molar-refractivity contribution in [2.75, 3.05) is 5.73 Å². The Labute approximate surface area is 230 Å². The highest BCUT2D eigenvalue weighted by molar-refractivity contribution is 7.86. The number of aromatic hydroxyl groups is 1. The molecule has 0 aliphatic rings. The van der Waals surface area contributed by atoms with E-state index >= 15 is 0 Å². The maximum Gasteiger partial charge on any atom is 0.297 e. The first-order valence-corrected chi connectivity index (χ1v) is 13.8. The molecule has 4 aromatic carbocycles. The van der Waals surface area contributed by atoms with Crippen LogP contribution in [0, 0.1) is 10.1 Å². The van der Waals surface area contributed by atoms with Gasteiger partial charge >= 0.3 is 0 Å². The fourth-order valence-electron chi connectivity index (χ4n) is 3.73. The van der Waals surface area contributed by atoms with Crippen LogP contribution >= 0.6 is 0 Å². The van der Waals surface area contributed by atoms with Crippen molar-refractivity contribution in [3.63, 3.8) is 0 Å². The van der Waals surface area contributed by atoms with E-state index in [1.807, 2.05) is 0 Å². The molecule has 0 bridgehead atoms. The number of phenolic OH excluding ortho intramolecular Hbond substituents is 1. The van der Waals surface area contributed by atoms with Crippen molar-refractivity contribution in [2.45, 2.75) is 9.79 Å². The second-order valence-electron chi connectivity index (χ2n) is 8.08. The Balaban J connectivity index is 2.09. The van der Waals surface area contributed by atoms with E-state index in [4.69, 9.17) is 5.73 Å². The average Bonchev–Trinajstić information content (AvgIpc) is 2.91. The summed E-state index contributed by atoms with van der Waals surface area (Å²) in [4.78, 5) is 20.1. The number of nitrogen functional groups attached to an aromatic ring is 1. The van der Waals surface area contributed by atoms with E-state index < -0.39 is 74.1 Å². The number of phenols is 1. The number of fused-ring (bicyclic) bond motifs is 1. The van der Waals surface area contributed by atoms with Crippen LogP contribution in [-0.2, 0) is 20.2 Å². The predicted octanol–water partition coefficient (Wildman–Crippen LogP) is 5.17. The van der Waals surface area contributed by atoms with Crippen LogP contribution in [0.4, 0.5) is 34.1 Å². The van der Waals surface area contributed by atoms with Crippen molar-refractivity contribution in [2.24, 2.45) is 20.5 Å². The van der Waals surface area contributed by atoms with Crippen LogP contribution in [0.5, 0.6) is 5.75 Å². The third-order valence-corrected chi connectivity index (χ3v) is 7.31. The van der Waals surface area contributed by atoms with Gasteiger partial charge in [0.05, 0.1) is 27.4 Å². The summed E-state index contributed by atoms with van der Waals surface area (Å²) in [6.07, 6.45) is -0.0753. The van der Waals surface area contributed by atoms with Gasteiger partial charge in [-0.05, 0) is 30.3 Å². The zero-order chi connectivity index (χ0) is 30.1. The zero-order valence-corrected chi connectivity index (χ0v) is 21.8. The van der Waals surface area contributed by atoms with E-state index in [9.17, 15) is 46.0 Å². The molecule has 5 N–H and O–H groups in total. The maximum atomic E-state index is 12.4. The van der Waals surface area contributed by atoms with Crippen LogP contribution in [0.2, 0.25) is 0 Å². The highest BCUT2D eigenvalue weighted by Gasteiger charge is 2.31. The fraction of sp³-hybridized carbons (Fsp3) is 0. The number of nitrogens with zero attached hydrogens (tertiary/aromatic N) is 5. The molecule has 41 heavy (non-hydrogen) atoms. The molecule has 0 fully saturated rings. The number of azo groups is 2. The van der Waals surface area contributed by atoms with Gasteiger partial charge in [0, 0.05) is 23.1 Å². The molecule has 0 saturated carbocycles. The van der Waals surface area contributed by atoms with Crippen molar-refractivity contribution in [1.29, 1.82) is 0 Å². The lowest BCUT2D eigenvalue weighted by Crippen LogP contribution is -2.08. The smallest absolute Gasteiger partial charge is 0.297 e. The van der Waals surface area contributed by atoms with Gasteiger partial charge in [-0.25, -0.2) is 0 Å². The monoisotopic (exact) mass is 600 g/mol. The first-order valence-electron chi connectivity index (χ1n) is 10.9. The van der Waals surface area contributed by atoms with Crippen LogP contribution < -0.4 is 5.73 Å². The van der Waals surface area contributed by atoms with Crippen molar-refractivity contribution in [3.8, 4) is 5.75 Å². The SMILES string of the molecule is Nc1c(N=Nc2ccc([N+](=O)[O-])cc2)c(S(=O)(=O)O)c(C=O)c2cc(S(=O)(=O)O)c(N=Nc3ccccc3)c(O)c12. The maximum absolute atomic E-state index is 12.4. The van der Waals surface area contributed by atoms with Gasteiger partial charge in [-0.15, -0.1) is 10.2 Å². The van der Waals surface area contributed by atoms with Crippen molar-refractivity contribution in [3.05, 3.63) is 76.3 Å². The van der Waals surface area contributed by atoms with E-state index in [-0.39, 0.29) is 23.3 Å². The second kappa shape index (κ2) is 10.8. The Kier molecular flexibility index (Phi) is 7.57. The number of benzene rings is 4. The van der Waals surface area contributed by atoms with Gasteiger partial charge in [0.1, 0.15) is 21.2 Å². The van der Waals surface area contributed by atoms with E-state index in [1.54, 1.807) is 18.2 Å². The quantitative estimate of drug-likeness (QED) is 0.0511. The molecule has 0 heterocycles. The van der Waals surface area contributed by atoms with Crippen molar-refractivity contribution < 1.29 is 40.8 Å². The van der Waals surface area contributed by atoms with Crippen LogP contribution in [0.3, 0.4) is 0 Å². The summed E-state index contributed by atoms with van der Waals surface area (Å²) in [6, 6.07) is 12.9. The number of anilines is 1. The molecule has 0 amide bonds. The molecule has 0 saturated heterocycles. The highest BCUT2D eigenvalue weighted by atomic mass is 32.2. The number of rotatable bonds is 8. The highest BCUT2D eigenvalue weighted by Crippen LogP contribution is 2.49. The summed E-state index contributed by atoms with van der Waals surface area (Å²) in [5, 5.41) is 35.8. The third kappa shape index (κ3) is 5.75. The van der Waals surface area contributed by atoms with E-state index in [2.05, 4.69) is 20.5 Å². The molecule has 210 valence electrons. The molecule has 4 aromatic rings. The number of nitro benzene ring substituents is 1. The Morgan fingerprint density at radius 3 is 1.90 bits per heavy atom. The van der Waals surface area contributed by atoms with Crippen LogP contribution in [0.25, 0.3) is 10.8 Å². The number of hydrogen-bond acceptors (Lipinski definition) is 13. The molecule has 4 rings (SSSR count). The Bertz CT molecular complexity index is 2000. The minimum Gasteiger partial charge on any atom is -0.505 e. The lowest BCUT2D eigenvalue weighted by atomic mass is 10.00. The van der Waals surface area contributed by atoms with Crippen LogP contribution in [0.1, 0.15) is 10.4 Å². The molecule has 0 aliphatic heterocycles. The molecule has 0 spiro atoms. The number of carbonyl (C=O) groups is 1. The lowest BCUT2D eigenvalue weighted by Gasteiger charge is -2.16. The lowest BCUT2D eigenvalue weighted by molar-refractivity contribution is -0.384. The molecule has 18 heteroatoms. The predicted molar refractivity (Wildman–Crippen MR) is 143 cm³/mol. The summed E-state index contributed by atoms with van der Waals surface area (Å²) in [5.74, 6) is -1.04. The summed E-state index contributed by atoms with van der Waals surface area (Å²) in [6.45, 7) is 0. The van der Waals surface area contributed by atoms with E-state index in [1.165, 1.54) is 12.1 Å². The van der Waals surface area contributed by atoms with Crippen molar-refractivity contribution >= 4 is 71.4 Å². The number of hydrogen-bond donors (Lipinski definition) is 4. The number of non-ortho nitro benzene ring substituents is 1. The zero-order valence-electron chi connectivity index (χ0n) is 20.2. The second-order valence-corrected chi connectivity index (χ2v) is 10.8. The molecule has 0 atom stereocenters. The van der Waals surface area contributed by atoms with Crippen molar-refractivity contribution in [1.82, 2.24) is 0 Å². The molecular weight excluding hydrogens is 584 g/mol. The largest absolute Gasteiger partial charge is 0.505 e. The van der Waals surface area contributed by atoms with Gasteiger partial charge in [-0.2, -0.15) is 27.1 Å². The number of nitrogens with two attached hydrogens (primary N) is 1. The topological polar surface area (TPSA) is 265 Å². The normalized spacial score (nSPS) is 12.3. The molecule has 16 nitrogen and oxygen atoms in total. The van der Waals surface area contributed by atoms with Crippen LogP contribution in [0.15, 0.2) is 90.9 Å². The molecule has 0 aliphatic carbocycles. The summed E-state index contributed by atoms with van der Waals surface area (Å²) in [5.41, 5.74) is 2.79.